The Hall–Kier alpha value is 2.53. The number of rotatable bonds is 4. The van der Waals surface area contributed by atoms with Crippen molar-refractivity contribution in [1.82, 2.24) is 0 Å². The summed E-state index contributed by atoms with van der Waals surface area (Å²) in [6.45, 7) is 0. The second kappa shape index (κ2) is 12.2. The van der Waals surface area contributed by atoms with Gasteiger partial charge in [-0.1, -0.05) is 0 Å². The summed E-state index contributed by atoms with van der Waals surface area (Å²) in [5.41, 5.74) is 2.37. The number of hydrogen-bond acceptors (Lipinski definition) is 2. The Kier molecular flexibility index (Phi) is 10.4. The predicted octanol–water partition coefficient (Wildman–Crippen LogP) is 8.77. The van der Waals surface area contributed by atoms with E-state index in [0.29, 0.717) is 25.9 Å². The molecule has 2 aliphatic rings. The van der Waals surface area contributed by atoms with Crippen LogP contribution in [0.25, 0.3) is 0 Å². The van der Waals surface area contributed by atoms with Gasteiger partial charge in [0.15, 0.2) is 0 Å². The van der Waals surface area contributed by atoms with Gasteiger partial charge in [0.25, 0.3) is 0 Å². The van der Waals surface area contributed by atoms with Gasteiger partial charge in [0.2, 0.25) is 0 Å². The van der Waals surface area contributed by atoms with Crippen molar-refractivity contribution in [1.29, 1.82) is 0 Å². The van der Waals surface area contributed by atoms with Gasteiger partial charge in [0.1, 0.15) is 0 Å². The molecule has 1 heterocycles. The van der Waals surface area contributed by atoms with E-state index in [1.807, 2.05) is 0 Å². The van der Waals surface area contributed by atoms with E-state index in [4.69, 9.17) is 0 Å². The van der Waals surface area contributed by atoms with E-state index in [9.17, 15) is 10.2 Å². The van der Waals surface area contributed by atoms with Crippen molar-refractivity contribution in [3.63, 3.8) is 0 Å². The molecule has 2 aromatic rings. The molecule has 0 amide bonds. The van der Waals surface area contributed by atoms with Crippen LogP contribution in [0.4, 0.5) is 0 Å². The fraction of sp³-hybridized carbons (Fsp3) is 0.455. The Balaban J connectivity index is 1.72. The number of phenols is 2. The number of phenolic OH excluding ortho intramolecular Hbond substituents is 2. The van der Waals surface area contributed by atoms with Gasteiger partial charge in [0, 0.05) is 0 Å². The van der Waals surface area contributed by atoms with Crippen LogP contribution in [0.3, 0.4) is 0 Å². The third-order valence-electron chi connectivity index (χ3n) is 5.92. The molecule has 1 aliphatic heterocycles. The second-order valence-electron chi connectivity index (χ2n) is 8.09. The molecule has 2 aromatic carbocycles. The first kappa shape index (κ1) is 26.6. The van der Waals surface area contributed by atoms with Crippen LogP contribution < -0.4 is 0 Å². The molecule has 0 saturated heterocycles. The maximum atomic E-state index is 10.8. The average molecular weight is 1070 g/mol. The molecule has 2 unspecified atom stereocenters. The van der Waals surface area contributed by atoms with Crippen molar-refractivity contribution in [2.24, 2.45) is 0 Å². The van der Waals surface area contributed by atoms with Gasteiger partial charge in [-0.25, -0.2) is 0 Å². The van der Waals surface area contributed by atoms with Gasteiger partial charge in [-0.3, -0.25) is 0 Å². The second-order valence-corrected chi connectivity index (χ2v) is 33.8. The molecule has 168 valence electrons. The summed E-state index contributed by atoms with van der Waals surface area (Å²) in [6.07, 6.45) is 8.33. The summed E-state index contributed by atoms with van der Waals surface area (Å²) in [4.78, 5) is 0. The number of fused-ring (bicyclic) bond motifs is 1. The molecular weight excluding hydrogens is 1050 g/mol. The summed E-state index contributed by atoms with van der Waals surface area (Å²) in [5.74, 6) is 3.25. The zero-order valence-corrected chi connectivity index (χ0v) is 30.7. The van der Waals surface area contributed by atoms with Crippen LogP contribution in [0.1, 0.15) is 49.7 Å². The molecule has 0 bridgehead atoms. The SMILES string of the molecule is Oc1c(I)cc(I)cc1C[S]1=[Hf]=[S](Cc2cc(I)cc(I)c2O)[C@H]2CCCCCC[C@@H]21. The first-order valence-corrected chi connectivity index (χ1v) is 26.4. The van der Waals surface area contributed by atoms with Crippen molar-refractivity contribution in [2.75, 3.05) is 0 Å². The summed E-state index contributed by atoms with van der Waals surface area (Å²) in [5, 5.41) is 23.3. The van der Waals surface area contributed by atoms with E-state index >= 15 is 0 Å². The third kappa shape index (κ3) is 6.65. The molecule has 1 aliphatic carbocycles. The fourth-order valence-electron chi connectivity index (χ4n) is 4.40. The molecule has 0 radical (unpaired) electrons. The van der Waals surface area contributed by atoms with Crippen LogP contribution in [-0.2, 0) is 30.4 Å². The Morgan fingerprint density at radius 1 is 0.710 bits per heavy atom. The van der Waals surface area contributed by atoms with Crippen molar-refractivity contribution in [3.05, 3.63) is 49.7 Å². The molecule has 0 spiro atoms. The fourth-order valence-corrected chi connectivity index (χ4v) is 47.4. The van der Waals surface area contributed by atoms with Crippen LogP contribution in [0.15, 0.2) is 24.3 Å². The van der Waals surface area contributed by atoms with Gasteiger partial charge in [-0.2, -0.15) is 0 Å². The number of benzene rings is 2. The molecular formula is C22H24HfI4O2S2. The first-order valence-electron chi connectivity index (χ1n) is 10.3. The van der Waals surface area contributed by atoms with E-state index in [-0.39, 0.29) is 0 Å². The third-order valence-corrected chi connectivity index (χ3v) is 38.0. The Morgan fingerprint density at radius 3 is 1.55 bits per heavy atom. The normalized spacial score (nSPS) is 25.8. The van der Waals surface area contributed by atoms with E-state index in [2.05, 4.69) is 115 Å². The minimum absolute atomic E-state index is 0.493. The summed E-state index contributed by atoms with van der Waals surface area (Å²) < 4.78 is 4.44. The first-order chi connectivity index (χ1) is 14.8. The number of halogens is 4. The van der Waals surface area contributed by atoms with E-state index in [1.54, 1.807) is 0 Å². The Morgan fingerprint density at radius 2 is 1.13 bits per heavy atom. The van der Waals surface area contributed by atoms with Crippen LogP contribution in [-0.4, -0.2) is 20.7 Å². The summed E-state index contributed by atoms with van der Waals surface area (Å²) in [6, 6.07) is 8.58. The summed E-state index contributed by atoms with van der Waals surface area (Å²) in [7, 11) is 0.987. The van der Waals surface area contributed by atoms with E-state index in [1.165, 1.54) is 56.8 Å². The average Bonchev–Trinajstić information content (AvgIpc) is 2.98. The Labute approximate surface area is 251 Å². The number of hydrogen-bond donors (Lipinski definition) is 2. The minimum atomic E-state index is -0.899. The van der Waals surface area contributed by atoms with Crippen LogP contribution in [0, 0.1) is 14.3 Å². The van der Waals surface area contributed by atoms with Crippen LogP contribution in [0.5, 0.6) is 11.5 Å². The van der Waals surface area contributed by atoms with Crippen LogP contribution in [0.2, 0.25) is 0 Å². The molecule has 1 saturated carbocycles. The van der Waals surface area contributed by atoms with E-state index < -0.39 is 18.9 Å². The molecule has 4 rings (SSSR count). The molecule has 9 heteroatoms. The zero-order chi connectivity index (χ0) is 22.1. The van der Waals surface area contributed by atoms with Gasteiger partial charge >= 0.3 is 256 Å². The maximum absolute atomic E-state index is 10.8. The number of aromatic hydroxyl groups is 2. The molecule has 0 aromatic heterocycles. The molecule has 2 nitrogen and oxygen atoms in total. The predicted molar refractivity (Wildman–Crippen MR) is 165 cm³/mol. The van der Waals surface area contributed by atoms with E-state index in [0.717, 1.165) is 29.1 Å². The van der Waals surface area contributed by atoms with Crippen molar-refractivity contribution in [2.45, 2.75) is 60.5 Å². The molecule has 1 fully saturated rings. The van der Waals surface area contributed by atoms with Gasteiger partial charge < -0.3 is 0 Å². The van der Waals surface area contributed by atoms with Crippen molar-refractivity contribution < 1.29 is 29.1 Å². The van der Waals surface area contributed by atoms with Gasteiger partial charge in [0.05, 0.1) is 0 Å². The standard InChI is InChI=1S/C22H24I4O2S2.Hf/c23-15-7-13(21(27)17(25)9-15)11-29-19-5-3-1-2-4-6-20(19)30-12-14-8-16(24)10-18(26)22(14)28;/h7-10,19-20,27-28H,1-6,11-12H2;/t19-,20-;/m0./s1. The van der Waals surface area contributed by atoms with Gasteiger partial charge in [-0.05, 0) is 0 Å². The quantitative estimate of drug-likeness (QED) is 0.238. The molecule has 31 heavy (non-hydrogen) atoms. The topological polar surface area (TPSA) is 40.5 Å². The monoisotopic (exact) mass is 1070 g/mol. The van der Waals surface area contributed by atoms with Crippen molar-refractivity contribution >= 4 is 105 Å². The van der Waals surface area contributed by atoms with Gasteiger partial charge in [-0.15, -0.1) is 0 Å². The summed E-state index contributed by atoms with van der Waals surface area (Å²) >= 11 is 8.43. The molecule has 4 atom stereocenters. The Bertz CT molecular complexity index is 1000. The zero-order valence-electron chi connectivity index (χ0n) is 16.8. The van der Waals surface area contributed by atoms with Crippen molar-refractivity contribution in [3.8, 4) is 11.5 Å². The molecule has 2 N–H and O–H groups in total. The van der Waals surface area contributed by atoms with Crippen LogP contribution >= 0.6 is 105 Å².